The number of benzene rings is 6. The van der Waals surface area contributed by atoms with Crippen molar-refractivity contribution < 1.29 is 28.5 Å². The van der Waals surface area contributed by atoms with Gasteiger partial charge in [0.05, 0.1) is 0 Å². The van der Waals surface area contributed by atoms with Gasteiger partial charge >= 0.3 is 0 Å². The zero-order valence-corrected chi connectivity index (χ0v) is 27.1. The summed E-state index contributed by atoms with van der Waals surface area (Å²) in [6.07, 6.45) is 6.70. The quantitative estimate of drug-likeness (QED) is 0.169. The first-order valence-electron chi connectivity index (χ1n) is 16.3. The van der Waals surface area contributed by atoms with Crippen molar-refractivity contribution >= 4 is 56.9 Å². The van der Waals surface area contributed by atoms with Crippen LogP contribution in [0.5, 0.6) is 23.0 Å². The van der Waals surface area contributed by atoms with Crippen LogP contribution in [0.3, 0.4) is 0 Å². The standard InChI is InChI=1S/2C21H17NO3.2CH4/c23-21(22-17-9-10-19-20(14-17)25-13-12-24-19)11-8-16-6-3-5-15-4-1-2-7-18(15)16;23-21(22-18-8-9-19-20(14-18)25-12-11-24-19)10-6-15-5-7-16-3-1-2-4-17(16)13-15;;/h1-11,14H,12-13H2,(H,22,23);1-10,13-14H,11-12H2,(H,22,23);2*1H4/b11-8+;10-6+;;. The molecule has 0 saturated carbocycles. The second-order valence-electron chi connectivity index (χ2n) is 11.5. The van der Waals surface area contributed by atoms with Crippen molar-refractivity contribution in [2.75, 3.05) is 37.1 Å². The molecule has 264 valence electrons. The molecule has 2 aliphatic heterocycles. The second-order valence-corrected chi connectivity index (χ2v) is 11.5. The Morgan fingerprint density at radius 2 is 1.00 bits per heavy atom. The highest BCUT2D eigenvalue weighted by molar-refractivity contribution is 6.04. The van der Waals surface area contributed by atoms with Crippen LogP contribution >= 0.6 is 0 Å². The molecule has 6 aromatic rings. The third-order valence-electron chi connectivity index (χ3n) is 8.06. The first-order valence-corrected chi connectivity index (χ1v) is 16.3. The van der Waals surface area contributed by atoms with Gasteiger partial charge in [0, 0.05) is 35.7 Å². The van der Waals surface area contributed by atoms with E-state index < -0.39 is 0 Å². The van der Waals surface area contributed by atoms with E-state index in [-0.39, 0.29) is 26.7 Å². The SMILES string of the molecule is C.C.O=C(/C=C/c1ccc2ccccc2c1)Nc1ccc2c(c1)OCCO2.O=C(/C=C/c1cccc2ccccc12)Nc1ccc2c(c1)OCCO2. The molecule has 2 N–H and O–H groups in total. The van der Waals surface area contributed by atoms with Crippen molar-refractivity contribution in [3.63, 3.8) is 0 Å². The first kappa shape index (κ1) is 36.7. The van der Waals surface area contributed by atoms with Crippen molar-refractivity contribution in [3.8, 4) is 23.0 Å². The number of anilines is 2. The number of nitrogens with one attached hydrogen (secondary N) is 2. The molecule has 2 amide bonds. The smallest absolute Gasteiger partial charge is 0.248 e. The molecule has 8 heteroatoms. The van der Waals surface area contributed by atoms with Gasteiger partial charge in [0.2, 0.25) is 11.8 Å². The number of hydrogen-bond acceptors (Lipinski definition) is 6. The summed E-state index contributed by atoms with van der Waals surface area (Å²) in [7, 11) is 0. The molecular weight excluding hydrogens is 652 g/mol. The van der Waals surface area contributed by atoms with E-state index in [4.69, 9.17) is 18.9 Å². The van der Waals surface area contributed by atoms with Crippen LogP contribution in [0.15, 0.2) is 133 Å². The van der Waals surface area contributed by atoms with Gasteiger partial charge in [0.15, 0.2) is 23.0 Å². The van der Waals surface area contributed by atoms with Crippen LogP contribution in [0.4, 0.5) is 11.4 Å². The summed E-state index contributed by atoms with van der Waals surface area (Å²) < 4.78 is 22.0. The maximum Gasteiger partial charge on any atom is 0.248 e. The fourth-order valence-electron chi connectivity index (χ4n) is 5.65. The summed E-state index contributed by atoms with van der Waals surface area (Å²) in [5.41, 5.74) is 3.35. The van der Waals surface area contributed by atoms with Crippen LogP contribution < -0.4 is 29.6 Å². The van der Waals surface area contributed by atoms with E-state index in [1.54, 1.807) is 48.6 Å². The Morgan fingerprint density at radius 1 is 0.481 bits per heavy atom. The topological polar surface area (TPSA) is 95.1 Å². The van der Waals surface area contributed by atoms with Crippen LogP contribution in [0.1, 0.15) is 26.0 Å². The highest BCUT2D eigenvalue weighted by Crippen LogP contribution is 2.33. The molecular formula is C44H42N2O6. The number of hydrogen-bond donors (Lipinski definition) is 2. The summed E-state index contributed by atoms with van der Waals surface area (Å²) in [5.74, 6) is 2.34. The molecule has 0 fully saturated rings. The molecule has 0 spiro atoms. The molecule has 2 aliphatic rings. The molecule has 0 unspecified atom stereocenters. The minimum atomic E-state index is -0.190. The zero-order chi connectivity index (χ0) is 34.1. The number of amides is 2. The van der Waals surface area contributed by atoms with Crippen LogP contribution in [0.2, 0.25) is 0 Å². The molecule has 6 aromatic carbocycles. The highest BCUT2D eigenvalue weighted by atomic mass is 16.6. The molecule has 52 heavy (non-hydrogen) atoms. The Kier molecular flexibility index (Phi) is 12.3. The Labute approximate surface area is 304 Å². The number of fused-ring (bicyclic) bond motifs is 4. The van der Waals surface area contributed by atoms with Gasteiger partial charge in [-0.3, -0.25) is 9.59 Å². The van der Waals surface area contributed by atoms with E-state index >= 15 is 0 Å². The van der Waals surface area contributed by atoms with Gasteiger partial charge < -0.3 is 29.6 Å². The molecule has 0 radical (unpaired) electrons. The predicted octanol–water partition coefficient (Wildman–Crippen LogP) is 9.80. The van der Waals surface area contributed by atoms with Crippen LogP contribution in [-0.2, 0) is 9.59 Å². The van der Waals surface area contributed by atoms with Gasteiger partial charge in [-0.15, -0.1) is 0 Å². The monoisotopic (exact) mass is 694 g/mol. The number of carbonyl (C=O) groups is 2. The Bertz CT molecular complexity index is 2230. The molecule has 8 nitrogen and oxygen atoms in total. The lowest BCUT2D eigenvalue weighted by Crippen LogP contribution is -2.16. The number of ether oxygens (including phenoxy) is 4. The van der Waals surface area contributed by atoms with E-state index in [2.05, 4.69) is 41.0 Å². The minimum absolute atomic E-state index is 0. The molecule has 0 aromatic heterocycles. The summed E-state index contributed by atoms with van der Waals surface area (Å²) in [5, 5.41) is 10.3. The molecule has 0 bridgehead atoms. The lowest BCUT2D eigenvalue weighted by molar-refractivity contribution is -0.112. The molecule has 0 atom stereocenters. The predicted molar refractivity (Wildman–Crippen MR) is 212 cm³/mol. The normalized spacial score (nSPS) is 12.6. The third kappa shape index (κ3) is 9.17. The molecule has 8 rings (SSSR count). The largest absolute Gasteiger partial charge is 0.486 e. The summed E-state index contributed by atoms with van der Waals surface area (Å²) in [4.78, 5) is 24.4. The lowest BCUT2D eigenvalue weighted by atomic mass is 10.0. The van der Waals surface area contributed by atoms with Crippen molar-refractivity contribution in [2.45, 2.75) is 14.9 Å². The highest BCUT2D eigenvalue weighted by Gasteiger charge is 2.13. The van der Waals surface area contributed by atoms with Crippen LogP contribution in [-0.4, -0.2) is 38.2 Å². The van der Waals surface area contributed by atoms with Crippen LogP contribution in [0.25, 0.3) is 33.7 Å². The second kappa shape index (κ2) is 17.4. The van der Waals surface area contributed by atoms with Crippen LogP contribution in [0, 0.1) is 0 Å². The van der Waals surface area contributed by atoms with E-state index in [0.29, 0.717) is 60.8 Å². The fraction of sp³-hybridized carbons (Fsp3) is 0.136. The van der Waals surface area contributed by atoms with E-state index in [0.717, 1.165) is 27.3 Å². The van der Waals surface area contributed by atoms with E-state index in [9.17, 15) is 9.59 Å². The van der Waals surface area contributed by atoms with Crippen molar-refractivity contribution in [3.05, 3.63) is 145 Å². The average Bonchev–Trinajstić information content (AvgIpc) is 3.16. The van der Waals surface area contributed by atoms with Gasteiger partial charge in [-0.05, 0) is 75.2 Å². The summed E-state index contributed by atoms with van der Waals surface area (Å²) in [6.45, 7) is 2.14. The number of rotatable bonds is 6. The van der Waals surface area contributed by atoms with Gasteiger partial charge in [-0.25, -0.2) is 0 Å². The Hall–Kier alpha value is -6.54. The Morgan fingerprint density at radius 3 is 1.63 bits per heavy atom. The molecule has 0 saturated heterocycles. The van der Waals surface area contributed by atoms with E-state index in [1.165, 1.54) is 11.5 Å². The first-order chi connectivity index (χ1) is 24.6. The zero-order valence-electron chi connectivity index (χ0n) is 27.1. The maximum atomic E-state index is 12.2. The molecule has 0 aliphatic carbocycles. The Balaban J connectivity index is 0.000000194. The number of carbonyl (C=O) groups excluding carboxylic acids is 2. The van der Waals surface area contributed by atoms with Gasteiger partial charge in [0.25, 0.3) is 0 Å². The van der Waals surface area contributed by atoms with Crippen molar-refractivity contribution in [1.82, 2.24) is 0 Å². The fourth-order valence-corrected chi connectivity index (χ4v) is 5.65. The average molecular weight is 695 g/mol. The molecule has 2 heterocycles. The van der Waals surface area contributed by atoms with Gasteiger partial charge in [-0.2, -0.15) is 0 Å². The van der Waals surface area contributed by atoms with Crippen molar-refractivity contribution in [1.29, 1.82) is 0 Å². The van der Waals surface area contributed by atoms with Gasteiger partial charge in [0.1, 0.15) is 26.4 Å². The third-order valence-corrected chi connectivity index (χ3v) is 8.06. The summed E-state index contributed by atoms with van der Waals surface area (Å²) >= 11 is 0. The van der Waals surface area contributed by atoms with Crippen molar-refractivity contribution in [2.24, 2.45) is 0 Å². The van der Waals surface area contributed by atoms with Gasteiger partial charge in [-0.1, -0.05) is 93.7 Å². The summed E-state index contributed by atoms with van der Waals surface area (Å²) in [6, 6.07) is 39.2. The maximum absolute atomic E-state index is 12.2. The van der Waals surface area contributed by atoms with E-state index in [1.807, 2.05) is 60.7 Å². The lowest BCUT2D eigenvalue weighted by Gasteiger charge is -2.18. The minimum Gasteiger partial charge on any atom is -0.486 e.